The Morgan fingerprint density at radius 3 is 2.42 bits per heavy atom. The van der Waals surface area contributed by atoms with E-state index in [1.165, 1.54) is 47.0 Å². The fourth-order valence-corrected chi connectivity index (χ4v) is 5.57. The molecular weight excluding hydrogens is 644 g/mol. The molecule has 0 spiro atoms. The van der Waals surface area contributed by atoms with Gasteiger partial charge < -0.3 is 35.3 Å². The largest absolute Gasteiger partial charge is 0.359 e. The van der Waals surface area contributed by atoms with Crippen molar-refractivity contribution in [2.45, 2.75) is 58.3 Å². The minimum absolute atomic E-state index is 0.00386. The number of hydrogen-bond acceptors (Lipinski definition) is 9. The Hall–Kier alpha value is -5.86. The first-order valence-corrected chi connectivity index (χ1v) is 16.3. The van der Waals surface area contributed by atoms with Gasteiger partial charge in [0.05, 0.1) is 23.8 Å². The van der Waals surface area contributed by atoms with Crippen LogP contribution in [0.1, 0.15) is 59.4 Å². The summed E-state index contributed by atoms with van der Waals surface area (Å²) in [6.07, 6.45) is 1.81. The quantitative estimate of drug-likeness (QED) is 0.238. The number of aromatic nitrogens is 3. The van der Waals surface area contributed by atoms with E-state index in [0.29, 0.717) is 10.9 Å². The van der Waals surface area contributed by atoms with Crippen LogP contribution >= 0.6 is 0 Å². The summed E-state index contributed by atoms with van der Waals surface area (Å²) in [5.41, 5.74) is 0.983. The standard InChI is InChI=1S/C35H40N8O7/c1-20(2)14-27-32(46)40-28(15-22-8-6-5-7-9-22)31(45)36-12-13-43(18-24-17-29(41-50-24)33(47)38-21(3)30(44)39-27)34(48)23-10-11-25-26(16-23)37-19-42(4)35(25)49/h5-11,16-17,19-21,27-28H,12-15,18H2,1-4H3,(H,36,45)(H,38,47)(H,39,44)(H,40,46)/t21-,27-,28-/m1/s1. The number of benzene rings is 2. The van der Waals surface area contributed by atoms with Crippen molar-refractivity contribution in [2.24, 2.45) is 13.0 Å². The van der Waals surface area contributed by atoms with Crippen molar-refractivity contribution in [3.8, 4) is 0 Å². The van der Waals surface area contributed by atoms with Crippen molar-refractivity contribution >= 4 is 40.4 Å². The van der Waals surface area contributed by atoms with Crippen molar-refractivity contribution < 1.29 is 28.5 Å². The molecule has 2 aromatic carbocycles. The summed E-state index contributed by atoms with van der Waals surface area (Å²) >= 11 is 0. The molecule has 262 valence electrons. The molecule has 4 aromatic rings. The Labute approximate surface area is 287 Å². The summed E-state index contributed by atoms with van der Waals surface area (Å²) < 4.78 is 6.74. The monoisotopic (exact) mass is 684 g/mol. The molecule has 0 saturated carbocycles. The molecule has 2 aromatic heterocycles. The van der Waals surface area contributed by atoms with Crippen LogP contribution in [0.15, 0.2) is 70.2 Å². The molecule has 2 bridgehead atoms. The molecular formula is C35H40N8O7. The molecule has 1 aliphatic rings. The second-order valence-corrected chi connectivity index (χ2v) is 12.7. The molecule has 0 fully saturated rings. The molecule has 1 aliphatic heterocycles. The van der Waals surface area contributed by atoms with Crippen LogP contribution in [0.2, 0.25) is 0 Å². The summed E-state index contributed by atoms with van der Waals surface area (Å²) in [6, 6.07) is 12.0. The second-order valence-electron chi connectivity index (χ2n) is 12.7. The average molecular weight is 685 g/mol. The number of nitrogens with zero attached hydrogens (tertiary/aromatic N) is 4. The highest BCUT2D eigenvalue weighted by Gasteiger charge is 2.30. The highest BCUT2D eigenvalue weighted by Crippen LogP contribution is 2.16. The molecule has 15 heteroatoms. The summed E-state index contributed by atoms with van der Waals surface area (Å²) in [4.78, 5) is 85.6. The van der Waals surface area contributed by atoms with Crippen molar-refractivity contribution in [2.75, 3.05) is 13.1 Å². The highest BCUT2D eigenvalue weighted by molar-refractivity contribution is 5.99. The van der Waals surface area contributed by atoms with E-state index in [1.54, 1.807) is 7.05 Å². The molecule has 50 heavy (non-hydrogen) atoms. The van der Waals surface area contributed by atoms with Crippen LogP contribution in [0.25, 0.3) is 10.9 Å². The highest BCUT2D eigenvalue weighted by atomic mass is 16.5. The van der Waals surface area contributed by atoms with E-state index in [1.807, 2.05) is 44.2 Å². The minimum atomic E-state index is -1.05. The third-order valence-corrected chi connectivity index (χ3v) is 8.27. The Bertz CT molecular complexity index is 1960. The fraction of sp³-hybridized carbons (Fsp3) is 0.371. The van der Waals surface area contributed by atoms with Crippen LogP contribution in [-0.4, -0.2) is 80.4 Å². The number of carbonyl (C=O) groups excluding carboxylic acids is 5. The van der Waals surface area contributed by atoms with Crippen molar-refractivity contribution in [3.05, 3.63) is 93.9 Å². The van der Waals surface area contributed by atoms with E-state index >= 15 is 0 Å². The van der Waals surface area contributed by atoms with Gasteiger partial charge >= 0.3 is 0 Å². The van der Waals surface area contributed by atoms with Crippen LogP contribution in [0.4, 0.5) is 0 Å². The van der Waals surface area contributed by atoms with Gasteiger partial charge in [-0.15, -0.1) is 0 Å². The molecule has 3 atom stereocenters. The summed E-state index contributed by atoms with van der Waals surface area (Å²) in [5.74, 6) is -2.62. The number of rotatable bonds is 5. The Kier molecular flexibility index (Phi) is 11.0. The summed E-state index contributed by atoms with van der Waals surface area (Å²) in [5, 5.41) is 15.1. The first kappa shape index (κ1) is 35.4. The maximum absolute atomic E-state index is 13.9. The van der Waals surface area contributed by atoms with Gasteiger partial charge in [-0.2, -0.15) is 0 Å². The lowest BCUT2D eigenvalue weighted by atomic mass is 10.0. The molecule has 5 amide bonds. The molecule has 5 rings (SSSR count). The predicted octanol–water partition coefficient (Wildman–Crippen LogP) is 1.07. The smallest absolute Gasteiger partial charge is 0.274 e. The summed E-state index contributed by atoms with van der Waals surface area (Å²) in [7, 11) is 1.58. The van der Waals surface area contributed by atoms with Crippen LogP contribution in [-0.2, 0) is 34.4 Å². The van der Waals surface area contributed by atoms with E-state index in [9.17, 15) is 28.8 Å². The molecule has 15 nitrogen and oxygen atoms in total. The number of nitrogens with one attached hydrogen (secondary N) is 4. The first-order valence-electron chi connectivity index (χ1n) is 16.3. The topological polar surface area (TPSA) is 198 Å². The van der Waals surface area contributed by atoms with Gasteiger partial charge in [0.25, 0.3) is 17.4 Å². The molecule has 0 saturated heterocycles. The predicted molar refractivity (Wildman–Crippen MR) is 182 cm³/mol. The van der Waals surface area contributed by atoms with Gasteiger partial charge in [-0.3, -0.25) is 28.8 Å². The van der Waals surface area contributed by atoms with Gasteiger partial charge in [-0.1, -0.05) is 49.3 Å². The van der Waals surface area contributed by atoms with Crippen molar-refractivity contribution in [1.82, 2.24) is 40.9 Å². The number of aryl methyl sites for hydroxylation is 1. The lowest BCUT2D eigenvalue weighted by Crippen LogP contribution is -2.57. The minimum Gasteiger partial charge on any atom is -0.359 e. The van der Waals surface area contributed by atoms with Crippen LogP contribution in [0, 0.1) is 5.92 Å². The van der Waals surface area contributed by atoms with Gasteiger partial charge in [-0.25, -0.2) is 4.98 Å². The number of amides is 5. The summed E-state index contributed by atoms with van der Waals surface area (Å²) in [6.45, 7) is 5.13. The van der Waals surface area contributed by atoms with E-state index in [0.717, 1.165) is 5.56 Å². The molecule has 0 aliphatic carbocycles. The SMILES string of the molecule is CC(C)C[C@H]1NC(=O)[C@@H](C)NC(=O)c2cc(on2)CN(C(=O)c2ccc3c(=O)n(C)cnc3c2)CCNC(=O)[C@@H](Cc2ccccc2)NC1=O. The second kappa shape index (κ2) is 15.6. The van der Waals surface area contributed by atoms with E-state index in [-0.39, 0.29) is 61.0 Å². The molecule has 0 radical (unpaired) electrons. The molecule has 0 unspecified atom stereocenters. The Morgan fingerprint density at radius 2 is 1.68 bits per heavy atom. The zero-order chi connectivity index (χ0) is 35.9. The molecule has 4 N–H and O–H groups in total. The number of carbonyl (C=O) groups is 5. The van der Waals surface area contributed by atoms with Gasteiger partial charge in [0.15, 0.2) is 11.5 Å². The lowest BCUT2D eigenvalue weighted by Gasteiger charge is -2.26. The van der Waals surface area contributed by atoms with Crippen molar-refractivity contribution in [1.29, 1.82) is 0 Å². The number of hydrogen-bond donors (Lipinski definition) is 4. The molecule has 3 heterocycles. The lowest BCUT2D eigenvalue weighted by molar-refractivity contribution is -0.132. The first-order chi connectivity index (χ1) is 23.9. The van der Waals surface area contributed by atoms with E-state index < -0.39 is 47.7 Å². The van der Waals surface area contributed by atoms with Gasteiger partial charge in [0.2, 0.25) is 17.7 Å². The Balaban J connectivity index is 1.46. The Morgan fingerprint density at radius 1 is 0.940 bits per heavy atom. The third kappa shape index (κ3) is 8.59. The van der Waals surface area contributed by atoms with Crippen LogP contribution in [0.3, 0.4) is 0 Å². The van der Waals surface area contributed by atoms with Gasteiger partial charge in [0.1, 0.15) is 18.1 Å². The van der Waals surface area contributed by atoms with Crippen LogP contribution < -0.4 is 26.8 Å². The fourth-order valence-electron chi connectivity index (χ4n) is 5.57. The normalized spacial score (nSPS) is 19.6. The van der Waals surface area contributed by atoms with Crippen LogP contribution in [0.5, 0.6) is 0 Å². The van der Waals surface area contributed by atoms with Crippen molar-refractivity contribution in [3.63, 3.8) is 0 Å². The van der Waals surface area contributed by atoms with E-state index in [2.05, 4.69) is 31.4 Å². The number of fused-ring (bicyclic) bond motifs is 3. The maximum atomic E-state index is 13.9. The third-order valence-electron chi connectivity index (χ3n) is 8.27. The average Bonchev–Trinajstić information content (AvgIpc) is 3.57. The maximum Gasteiger partial charge on any atom is 0.274 e. The zero-order valence-electron chi connectivity index (χ0n) is 28.3. The van der Waals surface area contributed by atoms with Gasteiger partial charge in [-0.05, 0) is 43.0 Å². The van der Waals surface area contributed by atoms with Gasteiger partial charge in [0, 0.05) is 38.2 Å². The zero-order valence-corrected chi connectivity index (χ0v) is 28.3. The van der Waals surface area contributed by atoms with E-state index in [4.69, 9.17) is 4.52 Å².